The fourth-order valence-electron chi connectivity index (χ4n) is 1.49. The van der Waals surface area contributed by atoms with E-state index in [-0.39, 0.29) is 12.0 Å². The van der Waals surface area contributed by atoms with Crippen molar-refractivity contribution in [2.45, 2.75) is 39.7 Å². The molecule has 0 saturated heterocycles. The Labute approximate surface area is 86.8 Å². The molecule has 0 aromatic heterocycles. The molecule has 1 aromatic rings. The first-order chi connectivity index (χ1) is 6.52. The Morgan fingerprint density at radius 2 is 1.57 bits per heavy atom. The first kappa shape index (κ1) is 11.3. The zero-order valence-corrected chi connectivity index (χ0v) is 9.49. The first-order valence-electron chi connectivity index (χ1n) is 5.30. The van der Waals surface area contributed by atoms with Crippen molar-refractivity contribution < 1.29 is 5.11 Å². The molecule has 1 atom stereocenters. The number of aliphatic hydroxyl groups is 1. The van der Waals surface area contributed by atoms with E-state index in [1.165, 1.54) is 5.56 Å². The lowest BCUT2D eigenvalue weighted by Gasteiger charge is -2.16. The van der Waals surface area contributed by atoms with Gasteiger partial charge in [-0.25, -0.2) is 0 Å². The van der Waals surface area contributed by atoms with Gasteiger partial charge in [0, 0.05) is 0 Å². The van der Waals surface area contributed by atoms with E-state index in [0.29, 0.717) is 5.92 Å². The molecule has 0 aliphatic heterocycles. The van der Waals surface area contributed by atoms with Crippen molar-refractivity contribution in [1.82, 2.24) is 0 Å². The van der Waals surface area contributed by atoms with Crippen molar-refractivity contribution in [3.8, 4) is 0 Å². The van der Waals surface area contributed by atoms with Crippen LogP contribution in [0.5, 0.6) is 0 Å². The summed E-state index contributed by atoms with van der Waals surface area (Å²) >= 11 is 0. The molecule has 1 aromatic carbocycles. The number of rotatable bonds is 3. The molecule has 0 fully saturated rings. The monoisotopic (exact) mass is 192 g/mol. The van der Waals surface area contributed by atoms with Crippen LogP contribution >= 0.6 is 0 Å². The maximum Gasteiger partial charge on any atom is 0.0813 e. The summed E-state index contributed by atoms with van der Waals surface area (Å²) in [5.41, 5.74) is 2.33. The zero-order chi connectivity index (χ0) is 10.7. The third-order valence-electron chi connectivity index (χ3n) is 2.55. The smallest absolute Gasteiger partial charge is 0.0813 e. The van der Waals surface area contributed by atoms with E-state index in [1.54, 1.807) is 0 Å². The standard InChI is InChI=1S/C13H20O/c1-9(2)11-6-5-7-12(8-11)13(14)10(3)4/h5-10,13-14H,1-4H3. The van der Waals surface area contributed by atoms with E-state index in [9.17, 15) is 5.11 Å². The molecule has 1 N–H and O–H groups in total. The van der Waals surface area contributed by atoms with Crippen LogP contribution in [-0.4, -0.2) is 5.11 Å². The Kier molecular flexibility index (Phi) is 3.70. The average Bonchev–Trinajstić information content (AvgIpc) is 2.16. The van der Waals surface area contributed by atoms with Gasteiger partial charge in [-0.3, -0.25) is 0 Å². The first-order valence-corrected chi connectivity index (χ1v) is 5.30. The fourth-order valence-corrected chi connectivity index (χ4v) is 1.49. The third-order valence-corrected chi connectivity index (χ3v) is 2.55. The fraction of sp³-hybridized carbons (Fsp3) is 0.538. The van der Waals surface area contributed by atoms with Gasteiger partial charge in [0.15, 0.2) is 0 Å². The number of aliphatic hydroxyl groups excluding tert-OH is 1. The average molecular weight is 192 g/mol. The summed E-state index contributed by atoms with van der Waals surface area (Å²) in [6.07, 6.45) is -0.339. The molecule has 0 saturated carbocycles. The summed E-state index contributed by atoms with van der Waals surface area (Å²) < 4.78 is 0. The summed E-state index contributed by atoms with van der Waals surface area (Å²) in [7, 11) is 0. The van der Waals surface area contributed by atoms with Crippen molar-refractivity contribution in [3.63, 3.8) is 0 Å². The van der Waals surface area contributed by atoms with Crippen LogP contribution in [0.1, 0.15) is 50.8 Å². The van der Waals surface area contributed by atoms with Crippen LogP contribution in [-0.2, 0) is 0 Å². The molecule has 78 valence electrons. The highest BCUT2D eigenvalue weighted by Gasteiger charge is 2.12. The van der Waals surface area contributed by atoms with Gasteiger partial charge in [-0.05, 0) is 23.0 Å². The lowest BCUT2D eigenvalue weighted by molar-refractivity contribution is 0.127. The van der Waals surface area contributed by atoms with Crippen molar-refractivity contribution in [3.05, 3.63) is 35.4 Å². The van der Waals surface area contributed by atoms with Gasteiger partial charge in [0.1, 0.15) is 0 Å². The summed E-state index contributed by atoms with van der Waals surface area (Å²) in [6.45, 7) is 8.40. The number of benzene rings is 1. The molecule has 0 aliphatic carbocycles. The summed E-state index contributed by atoms with van der Waals surface area (Å²) in [4.78, 5) is 0. The minimum absolute atomic E-state index is 0.275. The molecule has 0 amide bonds. The lowest BCUT2D eigenvalue weighted by Crippen LogP contribution is -2.05. The van der Waals surface area contributed by atoms with Gasteiger partial charge in [0.2, 0.25) is 0 Å². The highest BCUT2D eigenvalue weighted by molar-refractivity contribution is 5.27. The van der Waals surface area contributed by atoms with Crippen LogP contribution in [0.4, 0.5) is 0 Å². The van der Waals surface area contributed by atoms with Gasteiger partial charge >= 0.3 is 0 Å². The molecular formula is C13H20O. The van der Waals surface area contributed by atoms with Crippen LogP contribution in [0.15, 0.2) is 24.3 Å². The van der Waals surface area contributed by atoms with E-state index >= 15 is 0 Å². The number of hydrogen-bond donors (Lipinski definition) is 1. The predicted octanol–water partition coefficient (Wildman–Crippen LogP) is 3.50. The van der Waals surface area contributed by atoms with Gasteiger partial charge < -0.3 is 5.11 Å². The van der Waals surface area contributed by atoms with E-state index in [1.807, 2.05) is 26.0 Å². The van der Waals surface area contributed by atoms with Crippen molar-refractivity contribution >= 4 is 0 Å². The van der Waals surface area contributed by atoms with E-state index < -0.39 is 0 Å². The third kappa shape index (κ3) is 2.58. The molecule has 0 bridgehead atoms. The Hall–Kier alpha value is -0.820. The maximum atomic E-state index is 9.90. The summed E-state index contributed by atoms with van der Waals surface area (Å²) in [5, 5.41) is 9.90. The van der Waals surface area contributed by atoms with Crippen LogP contribution in [0.3, 0.4) is 0 Å². The SMILES string of the molecule is CC(C)c1cccc(C(O)C(C)C)c1. The van der Waals surface area contributed by atoms with Gasteiger partial charge in [0.05, 0.1) is 6.10 Å². The van der Waals surface area contributed by atoms with Gasteiger partial charge in [-0.15, -0.1) is 0 Å². The second-order valence-electron chi connectivity index (χ2n) is 4.51. The molecule has 0 heterocycles. The summed E-state index contributed by atoms with van der Waals surface area (Å²) in [5.74, 6) is 0.798. The van der Waals surface area contributed by atoms with E-state index in [4.69, 9.17) is 0 Å². The minimum Gasteiger partial charge on any atom is -0.388 e. The zero-order valence-electron chi connectivity index (χ0n) is 9.49. The molecule has 1 unspecified atom stereocenters. The topological polar surface area (TPSA) is 20.2 Å². The Balaban J connectivity index is 2.93. The highest BCUT2D eigenvalue weighted by atomic mass is 16.3. The van der Waals surface area contributed by atoms with E-state index in [0.717, 1.165) is 5.56 Å². The van der Waals surface area contributed by atoms with Crippen LogP contribution in [0.2, 0.25) is 0 Å². The molecule has 0 aliphatic rings. The van der Waals surface area contributed by atoms with Crippen LogP contribution < -0.4 is 0 Å². The highest BCUT2D eigenvalue weighted by Crippen LogP contribution is 2.24. The van der Waals surface area contributed by atoms with Crippen molar-refractivity contribution in [1.29, 1.82) is 0 Å². The molecule has 0 spiro atoms. The molecule has 1 nitrogen and oxygen atoms in total. The second kappa shape index (κ2) is 4.61. The Morgan fingerprint density at radius 1 is 1.00 bits per heavy atom. The second-order valence-corrected chi connectivity index (χ2v) is 4.51. The van der Waals surface area contributed by atoms with Gasteiger partial charge in [-0.1, -0.05) is 52.0 Å². The summed E-state index contributed by atoms with van der Waals surface area (Å²) in [6, 6.07) is 8.24. The molecule has 1 rings (SSSR count). The van der Waals surface area contributed by atoms with Gasteiger partial charge in [-0.2, -0.15) is 0 Å². The molecule has 14 heavy (non-hydrogen) atoms. The largest absolute Gasteiger partial charge is 0.388 e. The normalized spacial score (nSPS) is 13.6. The van der Waals surface area contributed by atoms with Gasteiger partial charge in [0.25, 0.3) is 0 Å². The van der Waals surface area contributed by atoms with Crippen LogP contribution in [0.25, 0.3) is 0 Å². The molecule has 1 heteroatoms. The van der Waals surface area contributed by atoms with E-state index in [2.05, 4.69) is 26.0 Å². The minimum atomic E-state index is -0.339. The Morgan fingerprint density at radius 3 is 2.07 bits per heavy atom. The van der Waals surface area contributed by atoms with Crippen molar-refractivity contribution in [2.24, 2.45) is 5.92 Å². The molecular weight excluding hydrogens is 172 g/mol. The predicted molar refractivity (Wildman–Crippen MR) is 60.3 cm³/mol. The quantitative estimate of drug-likeness (QED) is 0.777. The maximum absolute atomic E-state index is 9.90. The van der Waals surface area contributed by atoms with Crippen molar-refractivity contribution in [2.75, 3.05) is 0 Å². The Bertz CT molecular complexity index is 289. The number of hydrogen-bond acceptors (Lipinski definition) is 1. The van der Waals surface area contributed by atoms with Crippen LogP contribution in [0, 0.1) is 5.92 Å². The lowest BCUT2D eigenvalue weighted by atomic mass is 9.94. The molecule has 0 radical (unpaired) electrons.